The summed E-state index contributed by atoms with van der Waals surface area (Å²) in [5, 5.41) is 11.6. The van der Waals surface area contributed by atoms with Crippen LogP contribution in [0.1, 0.15) is 60.2 Å². The Labute approximate surface area is 240 Å². The van der Waals surface area contributed by atoms with Crippen molar-refractivity contribution in [3.05, 3.63) is 136 Å². The van der Waals surface area contributed by atoms with Gasteiger partial charge in [-0.25, -0.2) is 0 Å². The molecule has 0 unspecified atom stereocenters. The number of carbonyl (C=O) groups is 2. The van der Waals surface area contributed by atoms with Gasteiger partial charge in [0.25, 0.3) is 11.7 Å². The van der Waals surface area contributed by atoms with Crippen LogP contribution in [0.4, 0.5) is 0 Å². The zero-order chi connectivity index (χ0) is 29.1. The molecule has 2 heterocycles. The minimum Gasteiger partial charge on any atom is -0.507 e. The molecule has 1 fully saturated rings. The number of hydrogen-bond donors (Lipinski definition) is 1. The summed E-state index contributed by atoms with van der Waals surface area (Å²) in [5.74, 6) is -0.913. The van der Waals surface area contributed by atoms with E-state index in [9.17, 15) is 14.7 Å². The van der Waals surface area contributed by atoms with E-state index in [1.807, 2.05) is 73.7 Å². The highest BCUT2D eigenvalue weighted by atomic mass is 16.5. The summed E-state index contributed by atoms with van der Waals surface area (Å²) < 4.78 is 5.95. The zero-order valence-corrected chi connectivity index (χ0v) is 23.8. The highest BCUT2D eigenvalue weighted by Gasteiger charge is 2.46. The smallest absolute Gasteiger partial charge is 0.295 e. The molecular formula is C35H34N2O4. The summed E-state index contributed by atoms with van der Waals surface area (Å²) in [6.07, 6.45) is 3.34. The predicted molar refractivity (Wildman–Crippen MR) is 159 cm³/mol. The van der Waals surface area contributed by atoms with E-state index in [4.69, 9.17) is 4.74 Å². The molecule has 0 bridgehead atoms. The van der Waals surface area contributed by atoms with E-state index in [1.54, 1.807) is 30.6 Å². The number of aryl methyl sites for hydroxylation is 1. The maximum atomic E-state index is 13.5. The lowest BCUT2D eigenvalue weighted by atomic mass is 9.85. The first-order valence-corrected chi connectivity index (χ1v) is 13.7. The summed E-state index contributed by atoms with van der Waals surface area (Å²) in [5.41, 5.74) is 4.95. The van der Waals surface area contributed by atoms with Gasteiger partial charge in [0.1, 0.15) is 18.1 Å². The summed E-state index contributed by atoms with van der Waals surface area (Å²) in [7, 11) is 0. The molecule has 1 N–H and O–H groups in total. The number of aromatic nitrogens is 1. The molecule has 1 amide bonds. The normalized spacial score (nSPS) is 16.7. The molecule has 0 aliphatic carbocycles. The topological polar surface area (TPSA) is 79.7 Å². The second-order valence-corrected chi connectivity index (χ2v) is 11.4. The second-order valence-electron chi connectivity index (χ2n) is 11.4. The molecule has 3 aromatic carbocycles. The number of hydrogen-bond acceptors (Lipinski definition) is 5. The highest BCUT2D eigenvalue weighted by molar-refractivity contribution is 6.46. The molecule has 1 aromatic heterocycles. The molecular weight excluding hydrogens is 512 g/mol. The number of benzene rings is 3. The van der Waals surface area contributed by atoms with Crippen LogP contribution in [0.2, 0.25) is 0 Å². The van der Waals surface area contributed by atoms with Crippen molar-refractivity contribution in [1.29, 1.82) is 0 Å². The fourth-order valence-electron chi connectivity index (χ4n) is 5.12. The number of nitrogens with zero attached hydrogens (tertiary/aromatic N) is 2. The zero-order valence-electron chi connectivity index (χ0n) is 23.8. The third-order valence-corrected chi connectivity index (χ3v) is 7.41. The van der Waals surface area contributed by atoms with Crippen LogP contribution in [0.25, 0.3) is 5.76 Å². The van der Waals surface area contributed by atoms with Crippen LogP contribution in [0, 0.1) is 6.92 Å². The van der Waals surface area contributed by atoms with E-state index in [1.165, 1.54) is 4.90 Å². The SMILES string of the molecule is Cc1cc(OCc2ccccc2)ccc1C(O)=C1C(=O)C(=O)N(Cc2cccnc2)[C@@H]1c1ccc(C(C)(C)C)cc1. The first kappa shape index (κ1) is 27.8. The third kappa shape index (κ3) is 5.92. The lowest BCUT2D eigenvalue weighted by Crippen LogP contribution is -2.29. The Morgan fingerprint density at radius 1 is 0.927 bits per heavy atom. The number of ketones is 1. The summed E-state index contributed by atoms with van der Waals surface area (Å²) in [4.78, 5) is 32.6. The molecule has 6 nitrogen and oxygen atoms in total. The van der Waals surface area contributed by atoms with E-state index in [0.29, 0.717) is 17.9 Å². The number of Topliss-reactive ketones (excluding diaryl/α,β-unsaturated/α-hetero) is 1. The molecule has 41 heavy (non-hydrogen) atoms. The Balaban J connectivity index is 1.53. The Bertz CT molecular complexity index is 1590. The van der Waals surface area contributed by atoms with Crippen molar-refractivity contribution < 1.29 is 19.4 Å². The van der Waals surface area contributed by atoms with Crippen molar-refractivity contribution in [3.63, 3.8) is 0 Å². The maximum absolute atomic E-state index is 13.5. The van der Waals surface area contributed by atoms with Crippen LogP contribution >= 0.6 is 0 Å². The van der Waals surface area contributed by atoms with Gasteiger partial charge < -0.3 is 14.7 Å². The largest absolute Gasteiger partial charge is 0.507 e. The van der Waals surface area contributed by atoms with Gasteiger partial charge in [0.15, 0.2) is 0 Å². The Morgan fingerprint density at radius 3 is 2.27 bits per heavy atom. The molecule has 4 aromatic rings. The molecule has 1 aliphatic rings. The number of ether oxygens (including phenoxy) is 1. The monoisotopic (exact) mass is 546 g/mol. The summed E-state index contributed by atoms with van der Waals surface area (Å²) in [6.45, 7) is 8.84. The van der Waals surface area contributed by atoms with Crippen molar-refractivity contribution in [3.8, 4) is 5.75 Å². The van der Waals surface area contributed by atoms with Crippen LogP contribution in [-0.4, -0.2) is 26.7 Å². The van der Waals surface area contributed by atoms with Crippen LogP contribution in [0.5, 0.6) is 5.75 Å². The van der Waals surface area contributed by atoms with Crippen LogP contribution in [0.15, 0.2) is 103 Å². The van der Waals surface area contributed by atoms with Crippen molar-refractivity contribution in [1.82, 2.24) is 9.88 Å². The minimum atomic E-state index is -0.752. The number of pyridine rings is 1. The quantitative estimate of drug-likeness (QED) is 0.155. The van der Waals surface area contributed by atoms with Gasteiger partial charge >= 0.3 is 0 Å². The van der Waals surface area contributed by atoms with Gasteiger partial charge in [0, 0.05) is 24.5 Å². The molecule has 6 heteroatoms. The van der Waals surface area contributed by atoms with Gasteiger partial charge in [-0.15, -0.1) is 0 Å². The average Bonchev–Trinajstić information content (AvgIpc) is 3.21. The Hall–Kier alpha value is -4.71. The van der Waals surface area contributed by atoms with Gasteiger partial charge in [-0.2, -0.15) is 0 Å². The van der Waals surface area contributed by atoms with Crippen LogP contribution in [0.3, 0.4) is 0 Å². The number of amides is 1. The first-order chi connectivity index (χ1) is 19.6. The van der Waals surface area contributed by atoms with E-state index in [2.05, 4.69) is 25.8 Å². The molecule has 0 saturated carbocycles. The summed E-state index contributed by atoms with van der Waals surface area (Å²) >= 11 is 0. The number of aliphatic hydroxyl groups excluding tert-OH is 1. The maximum Gasteiger partial charge on any atom is 0.295 e. The standard InChI is InChI=1S/C35H34N2O4/c1-23-19-28(41-22-24-9-6-5-7-10-24)16-17-29(23)32(38)30-31(26-12-14-27(15-13-26)35(2,3)4)37(34(40)33(30)39)21-25-11-8-18-36-20-25/h5-20,31,38H,21-22H2,1-4H3/t31-/m1/s1. The fourth-order valence-corrected chi connectivity index (χ4v) is 5.12. The van der Waals surface area contributed by atoms with Gasteiger partial charge in [0.05, 0.1) is 11.6 Å². The van der Waals surface area contributed by atoms with E-state index < -0.39 is 17.7 Å². The number of aliphatic hydroxyl groups is 1. The van der Waals surface area contributed by atoms with E-state index in [-0.39, 0.29) is 23.3 Å². The van der Waals surface area contributed by atoms with Gasteiger partial charge in [-0.05, 0) is 64.4 Å². The van der Waals surface area contributed by atoms with Crippen LogP contribution in [-0.2, 0) is 28.2 Å². The van der Waals surface area contributed by atoms with Gasteiger partial charge in [0.2, 0.25) is 0 Å². The fraction of sp³-hybridized carbons (Fsp3) is 0.229. The Morgan fingerprint density at radius 2 is 1.63 bits per heavy atom. The van der Waals surface area contributed by atoms with Crippen molar-refractivity contribution in [2.75, 3.05) is 0 Å². The second kappa shape index (κ2) is 11.4. The van der Waals surface area contributed by atoms with Crippen molar-refractivity contribution in [2.24, 2.45) is 0 Å². The van der Waals surface area contributed by atoms with E-state index in [0.717, 1.165) is 27.8 Å². The van der Waals surface area contributed by atoms with Crippen molar-refractivity contribution >= 4 is 17.4 Å². The molecule has 1 atom stereocenters. The number of rotatable bonds is 7. The lowest BCUT2D eigenvalue weighted by Gasteiger charge is -2.26. The highest BCUT2D eigenvalue weighted by Crippen LogP contribution is 2.41. The molecule has 0 radical (unpaired) electrons. The van der Waals surface area contributed by atoms with E-state index >= 15 is 0 Å². The van der Waals surface area contributed by atoms with Crippen LogP contribution < -0.4 is 4.74 Å². The third-order valence-electron chi connectivity index (χ3n) is 7.41. The molecule has 0 spiro atoms. The molecule has 5 rings (SSSR count). The first-order valence-electron chi connectivity index (χ1n) is 13.7. The average molecular weight is 547 g/mol. The Kier molecular flexibility index (Phi) is 7.75. The lowest BCUT2D eigenvalue weighted by molar-refractivity contribution is -0.140. The number of likely N-dealkylation sites (tertiary alicyclic amines) is 1. The molecule has 208 valence electrons. The van der Waals surface area contributed by atoms with Gasteiger partial charge in [-0.3, -0.25) is 14.6 Å². The number of carbonyl (C=O) groups excluding carboxylic acids is 2. The molecule has 1 saturated heterocycles. The summed E-state index contributed by atoms with van der Waals surface area (Å²) in [6, 6.07) is 26.0. The van der Waals surface area contributed by atoms with Gasteiger partial charge in [-0.1, -0.05) is 81.4 Å². The van der Waals surface area contributed by atoms with Crippen molar-refractivity contribution in [2.45, 2.75) is 52.3 Å². The molecule has 1 aliphatic heterocycles. The minimum absolute atomic E-state index is 0.0580. The predicted octanol–water partition coefficient (Wildman–Crippen LogP) is 6.89.